The maximum atomic E-state index is 12.0. The molecule has 0 aromatic heterocycles. The summed E-state index contributed by atoms with van der Waals surface area (Å²) >= 11 is 0. The van der Waals surface area contributed by atoms with Gasteiger partial charge in [-0.2, -0.15) is 0 Å². The van der Waals surface area contributed by atoms with Crippen LogP contribution >= 0.6 is 0 Å². The van der Waals surface area contributed by atoms with Gasteiger partial charge >= 0.3 is 5.97 Å². The van der Waals surface area contributed by atoms with E-state index in [9.17, 15) is 9.59 Å². The largest absolute Gasteiger partial charge is 0.466 e. The maximum absolute atomic E-state index is 12.0. The number of hydrogen-bond donors (Lipinski definition) is 0. The summed E-state index contributed by atoms with van der Waals surface area (Å²) in [5.41, 5.74) is 0. The van der Waals surface area contributed by atoms with Crippen LogP contribution in [0, 0.1) is 11.8 Å². The third-order valence-corrected chi connectivity index (χ3v) is 4.07. The lowest BCUT2D eigenvalue weighted by Gasteiger charge is -2.36. The van der Waals surface area contributed by atoms with Crippen LogP contribution < -0.4 is 0 Å². The van der Waals surface area contributed by atoms with Gasteiger partial charge in [-0.15, -0.1) is 0 Å². The molecular formula is C14H23NO3. The highest BCUT2D eigenvalue weighted by molar-refractivity contribution is 5.80. The van der Waals surface area contributed by atoms with Gasteiger partial charge < -0.3 is 9.64 Å². The number of ether oxygens (including phenoxy) is 1. The summed E-state index contributed by atoms with van der Waals surface area (Å²) in [5, 5.41) is 0. The number of amides is 1. The summed E-state index contributed by atoms with van der Waals surface area (Å²) in [6.07, 6.45) is 4.62. The molecule has 0 aromatic carbocycles. The zero-order chi connectivity index (χ0) is 13.1. The van der Waals surface area contributed by atoms with Crippen LogP contribution in [0.2, 0.25) is 0 Å². The van der Waals surface area contributed by atoms with E-state index in [-0.39, 0.29) is 23.8 Å². The first-order chi connectivity index (χ1) is 8.63. The van der Waals surface area contributed by atoms with Crippen LogP contribution in [0.25, 0.3) is 0 Å². The van der Waals surface area contributed by atoms with E-state index in [4.69, 9.17) is 4.74 Å². The number of hydrogen-bond acceptors (Lipinski definition) is 3. The van der Waals surface area contributed by atoms with Crippen LogP contribution in [-0.4, -0.2) is 36.0 Å². The first-order valence-electron chi connectivity index (χ1n) is 7.09. The summed E-state index contributed by atoms with van der Waals surface area (Å²) < 4.78 is 5.16. The number of rotatable bonds is 3. The average molecular weight is 253 g/mol. The van der Waals surface area contributed by atoms with Gasteiger partial charge in [0.15, 0.2) is 0 Å². The molecule has 1 amide bonds. The molecule has 3 atom stereocenters. The fourth-order valence-corrected chi connectivity index (χ4v) is 3.25. The summed E-state index contributed by atoms with van der Waals surface area (Å²) in [5.74, 6) is 0.411. The Hall–Kier alpha value is -1.06. The van der Waals surface area contributed by atoms with E-state index in [0.717, 1.165) is 32.2 Å². The number of nitrogens with zero attached hydrogens (tertiary/aromatic N) is 1. The average Bonchev–Trinajstić information content (AvgIpc) is 2.69. The van der Waals surface area contributed by atoms with E-state index in [1.165, 1.54) is 0 Å². The minimum atomic E-state index is -0.116. The zero-order valence-corrected chi connectivity index (χ0v) is 11.4. The molecule has 1 aliphatic heterocycles. The Kier molecular flexibility index (Phi) is 4.25. The Morgan fingerprint density at radius 1 is 1.39 bits per heavy atom. The van der Waals surface area contributed by atoms with Crippen LogP contribution in [-0.2, 0) is 14.3 Å². The molecule has 0 radical (unpaired) electrons. The van der Waals surface area contributed by atoms with Crippen molar-refractivity contribution in [1.82, 2.24) is 4.90 Å². The molecule has 4 heteroatoms. The van der Waals surface area contributed by atoms with Gasteiger partial charge in [0.25, 0.3) is 0 Å². The predicted molar refractivity (Wildman–Crippen MR) is 67.9 cm³/mol. The van der Waals surface area contributed by atoms with Gasteiger partial charge in [0.1, 0.15) is 0 Å². The molecule has 1 saturated carbocycles. The van der Waals surface area contributed by atoms with E-state index >= 15 is 0 Å². The summed E-state index contributed by atoms with van der Waals surface area (Å²) in [6.45, 7) is 5.16. The van der Waals surface area contributed by atoms with Gasteiger partial charge in [-0.1, -0.05) is 19.8 Å². The molecule has 1 heterocycles. The van der Waals surface area contributed by atoms with Crippen LogP contribution in [0.4, 0.5) is 0 Å². The second kappa shape index (κ2) is 5.72. The Bertz CT molecular complexity index is 329. The van der Waals surface area contributed by atoms with Gasteiger partial charge in [-0.05, 0) is 25.7 Å². The molecule has 2 rings (SSSR count). The molecule has 1 saturated heterocycles. The Morgan fingerprint density at radius 2 is 2.11 bits per heavy atom. The first-order valence-corrected chi connectivity index (χ1v) is 7.09. The highest BCUT2D eigenvalue weighted by Crippen LogP contribution is 2.33. The van der Waals surface area contributed by atoms with Crippen LogP contribution in [0.5, 0.6) is 0 Å². The van der Waals surface area contributed by atoms with Crippen molar-refractivity contribution >= 4 is 11.9 Å². The third-order valence-electron chi connectivity index (χ3n) is 4.07. The lowest BCUT2D eigenvalue weighted by Crippen LogP contribution is -2.46. The van der Waals surface area contributed by atoms with Gasteiger partial charge in [0, 0.05) is 19.0 Å². The topological polar surface area (TPSA) is 46.6 Å². The quantitative estimate of drug-likeness (QED) is 0.722. The number of carbonyl (C=O) groups excluding carboxylic acids is 2. The molecular weight excluding hydrogens is 230 g/mol. The Balaban J connectivity index is 2.08. The van der Waals surface area contributed by atoms with Crippen molar-refractivity contribution in [2.24, 2.45) is 11.8 Å². The van der Waals surface area contributed by atoms with Crippen molar-refractivity contribution in [2.75, 3.05) is 13.2 Å². The molecule has 102 valence electrons. The maximum Gasteiger partial charge on any atom is 0.311 e. The van der Waals surface area contributed by atoms with Crippen molar-refractivity contribution < 1.29 is 14.3 Å². The molecule has 18 heavy (non-hydrogen) atoms. The minimum absolute atomic E-state index is 0.0789. The second-order valence-corrected chi connectivity index (χ2v) is 5.57. The summed E-state index contributed by atoms with van der Waals surface area (Å²) in [6, 6.07) is 0.0789. The van der Waals surface area contributed by atoms with E-state index < -0.39 is 0 Å². The van der Waals surface area contributed by atoms with Crippen molar-refractivity contribution in [3.05, 3.63) is 0 Å². The molecule has 0 N–H and O–H groups in total. The van der Waals surface area contributed by atoms with Crippen molar-refractivity contribution in [2.45, 2.75) is 52.0 Å². The molecule has 1 unspecified atom stereocenters. The highest BCUT2D eigenvalue weighted by Gasteiger charge is 2.40. The smallest absolute Gasteiger partial charge is 0.311 e. The normalized spacial score (nSPS) is 32.7. The van der Waals surface area contributed by atoms with Crippen LogP contribution in [0.1, 0.15) is 46.0 Å². The SMILES string of the molecule is CCOC(=O)[C@@H]1CCCC[C@H]1N1CC(C)CC1=O. The fraction of sp³-hybridized carbons (Fsp3) is 0.857. The summed E-state index contributed by atoms with van der Waals surface area (Å²) in [4.78, 5) is 25.9. The van der Waals surface area contributed by atoms with Gasteiger partial charge in [0.2, 0.25) is 5.91 Å². The standard InChI is InChI=1S/C14H23NO3/c1-3-18-14(17)11-6-4-5-7-12(11)15-9-10(2)8-13(15)16/h10-12H,3-9H2,1-2H3/t10?,11-,12-/m1/s1. The van der Waals surface area contributed by atoms with Gasteiger partial charge in [0.05, 0.1) is 12.5 Å². The second-order valence-electron chi connectivity index (χ2n) is 5.57. The van der Waals surface area contributed by atoms with Crippen LogP contribution in [0.15, 0.2) is 0 Å². The third kappa shape index (κ3) is 2.68. The Morgan fingerprint density at radius 3 is 2.72 bits per heavy atom. The number of esters is 1. The molecule has 0 bridgehead atoms. The number of carbonyl (C=O) groups is 2. The molecule has 2 fully saturated rings. The highest BCUT2D eigenvalue weighted by atomic mass is 16.5. The fourth-order valence-electron chi connectivity index (χ4n) is 3.25. The molecule has 4 nitrogen and oxygen atoms in total. The zero-order valence-electron chi connectivity index (χ0n) is 11.4. The predicted octanol–water partition coefficient (Wildman–Crippen LogP) is 1.98. The molecule has 0 spiro atoms. The van der Waals surface area contributed by atoms with Gasteiger partial charge in [-0.3, -0.25) is 9.59 Å². The van der Waals surface area contributed by atoms with Crippen molar-refractivity contribution in [3.8, 4) is 0 Å². The monoisotopic (exact) mass is 253 g/mol. The van der Waals surface area contributed by atoms with E-state index in [2.05, 4.69) is 6.92 Å². The lowest BCUT2D eigenvalue weighted by molar-refractivity contribution is -0.153. The van der Waals surface area contributed by atoms with E-state index in [1.54, 1.807) is 0 Å². The lowest BCUT2D eigenvalue weighted by atomic mass is 9.83. The molecule has 2 aliphatic rings. The van der Waals surface area contributed by atoms with Gasteiger partial charge in [-0.25, -0.2) is 0 Å². The van der Waals surface area contributed by atoms with E-state index in [0.29, 0.717) is 18.9 Å². The first kappa shape index (κ1) is 13.4. The number of likely N-dealkylation sites (tertiary alicyclic amines) is 1. The van der Waals surface area contributed by atoms with E-state index in [1.807, 2.05) is 11.8 Å². The summed E-state index contributed by atoms with van der Waals surface area (Å²) in [7, 11) is 0. The molecule has 0 aromatic rings. The van der Waals surface area contributed by atoms with Crippen molar-refractivity contribution in [1.29, 1.82) is 0 Å². The Labute approximate surface area is 109 Å². The van der Waals surface area contributed by atoms with Crippen molar-refractivity contribution in [3.63, 3.8) is 0 Å². The van der Waals surface area contributed by atoms with Crippen LogP contribution in [0.3, 0.4) is 0 Å². The molecule has 1 aliphatic carbocycles. The minimum Gasteiger partial charge on any atom is -0.466 e.